The topological polar surface area (TPSA) is 29.9 Å². The second-order valence-corrected chi connectivity index (χ2v) is 3.87. The van der Waals surface area contributed by atoms with Gasteiger partial charge in [-0.25, -0.2) is 4.98 Å². The summed E-state index contributed by atoms with van der Waals surface area (Å²) in [5.41, 5.74) is 0. The van der Waals surface area contributed by atoms with Crippen molar-refractivity contribution in [3.8, 4) is 0 Å². The maximum atomic E-state index is 4.35. The Hall–Kier alpha value is -0.250. The number of halogens is 2. The molecule has 1 saturated heterocycles. The maximum absolute atomic E-state index is 4.35. The van der Waals surface area contributed by atoms with Gasteiger partial charge in [-0.3, -0.25) is 0 Å². The Bertz CT molecular complexity index is 269. The number of imidazole rings is 1. The van der Waals surface area contributed by atoms with Crippen LogP contribution in [-0.2, 0) is 13.5 Å². The third kappa shape index (κ3) is 4.01. The van der Waals surface area contributed by atoms with Gasteiger partial charge >= 0.3 is 0 Å². The van der Waals surface area contributed by atoms with Crippen molar-refractivity contribution in [2.75, 3.05) is 13.1 Å². The highest BCUT2D eigenvalue weighted by Crippen LogP contribution is 2.14. The van der Waals surface area contributed by atoms with Crippen LogP contribution < -0.4 is 5.32 Å². The van der Waals surface area contributed by atoms with E-state index in [1.807, 2.05) is 12.4 Å². The zero-order chi connectivity index (χ0) is 9.10. The highest BCUT2D eigenvalue weighted by Gasteiger charge is 2.14. The molecule has 0 amide bonds. The van der Waals surface area contributed by atoms with Crippen LogP contribution in [0.3, 0.4) is 0 Å². The molecule has 1 unspecified atom stereocenters. The summed E-state index contributed by atoms with van der Waals surface area (Å²) in [6.07, 6.45) is 7.68. The average Bonchev–Trinajstić information content (AvgIpc) is 2.54. The van der Waals surface area contributed by atoms with Crippen molar-refractivity contribution in [1.82, 2.24) is 14.9 Å². The average molecular weight is 252 g/mol. The van der Waals surface area contributed by atoms with Gasteiger partial charge in [-0.1, -0.05) is 0 Å². The van der Waals surface area contributed by atoms with E-state index in [4.69, 9.17) is 0 Å². The lowest BCUT2D eigenvalue weighted by atomic mass is 9.96. The molecule has 0 spiro atoms. The van der Waals surface area contributed by atoms with Crippen molar-refractivity contribution in [2.45, 2.75) is 19.3 Å². The fraction of sp³-hybridized carbons (Fsp3) is 0.700. The van der Waals surface area contributed by atoms with Gasteiger partial charge in [-0.15, -0.1) is 24.8 Å². The van der Waals surface area contributed by atoms with E-state index in [9.17, 15) is 0 Å². The lowest BCUT2D eigenvalue weighted by Gasteiger charge is -2.22. The predicted octanol–water partition coefficient (Wildman–Crippen LogP) is 1.81. The highest BCUT2D eigenvalue weighted by atomic mass is 35.5. The highest BCUT2D eigenvalue weighted by molar-refractivity contribution is 5.85. The molecule has 0 bridgehead atoms. The van der Waals surface area contributed by atoms with Crippen molar-refractivity contribution in [2.24, 2.45) is 13.0 Å². The Kier molecular flexibility index (Phi) is 6.98. The van der Waals surface area contributed by atoms with Crippen LogP contribution in [0.4, 0.5) is 0 Å². The maximum Gasteiger partial charge on any atom is 0.108 e. The second-order valence-electron chi connectivity index (χ2n) is 3.87. The standard InChI is InChI=1S/C10H17N3.2ClH/c1-13-6-5-12-10(13)7-9-3-2-4-11-8-9;;/h5-6,9,11H,2-4,7-8H2,1H3;2*1H. The molecule has 1 N–H and O–H groups in total. The van der Waals surface area contributed by atoms with Gasteiger partial charge < -0.3 is 9.88 Å². The van der Waals surface area contributed by atoms with Crippen LogP contribution in [-0.4, -0.2) is 22.6 Å². The molecule has 3 nitrogen and oxygen atoms in total. The van der Waals surface area contributed by atoms with E-state index in [2.05, 4.69) is 21.9 Å². The monoisotopic (exact) mass is 251 g/mol. The molecule has 2 rings (SSSR count). The van der Waals surface area contributed by atoms with E-state index >= 15 is 0 Å². The largest absolute Gasteiger partial charge is 0.338 e. The molecule has 1 aromatic heterocycles. The third-order valence-corrected chi connectivity index (χ3v) is 2.79. The number of hydrogen-bond acceptors (Lipinski definition) is 2. The normalized spacial score (nSPS) is 20.2. The van der Waals surface area contributed by atoms with E-state index in [1.165, 1.54) is 25.2 Å². The van der Waals surface area contributed by atoms with E-state index in [0.29, 0.717) is 0 Å². The first-order valence-corrected chi connectivity index (χ1v) is 5.03. The third-order valence-electron chi connectivity index (χ3n) is 2.79. The number of aryl methyl sites for hydroxylation is 1. The van der Waals surface area contributed by atoms with Crippen molar-refractivity contribution in [1.29, 1.82) is 0 Å². The zero-order valence-corrected chi connectivity index (χ0v) is 10.6. The Balaban J connectivity index is 0.000000980. The molecule has 15 heavy (non-hydrogen) atoms. The van der Waals surface area contributed by atoms with Crippen LogP contribution in [0.25, 0.3) is 0 Å². The lowest BCUT2D eigenvalue weighted by molar-refractivity contribution is 0.368. The number of piperidine rings is 1. The number of nitrogens with one attached hydrogen (secondary N) is 1. The molecular weight excluding hydrogens is 233 g/mol. The van der Waals surface area contributed by atoms with Crippen molar-refractivity contribution in [3.63, 3.8) is 0 Å². The minimum atomic E-state index is 0. The predicted molar refractivity (Wildman–Crippen MR) is 67.0 cm³/mol. The minimum absolute atomic E-state index is 0. The molecule has 0 radical (unpaired) electrons. The Labute approximate surface area is 103 Å². The SMILES string of the molecule is Cl.Cl.Cn1ccnc1CC1CCCNC1. The van der Waals surface area contributed by atoms with Crippen LogP contribution in [0.5, 0.6) is 0 Å². The molecule has 1 aliphatic heterocycles. The first-order valence-electron chi connectivity index (χ1n) is 5.03. The zero-order valence-electron chi connectivity index (χ0n) is 8.98. The summed E-state index contributed by atoms with van der Waals surface area (Å²) in [4.78, 5) is 4.35. The van der Waals surface area contributed by atoms with Crippen LogP contribution in [0, 0.1) is 5.92 Å². The summed E-state index contributed by atoms with van der Waals surface area (Å²) in [5, 5.41) is 3.43. The molecule has 0 saturated carbocycles. The summed E-state index contributed by atoms with van der Waals surface area (Å²) in [6.45, 7) is 2.35. The number of aromatic nitrogens is 2. The van der Waals surface area contributed by atoms with E-state index in [-0.39, 0.29) is 24.8 Å². The molecule has 88 valence electrons. The number of nitrogens with zero attached hydrogens (tertiary/aromatic N) is 2. The molecule has 2 heterocycles. The van der Waals surface area contributed by atoms with Gasteiger partial charge in [0.1, 0.15) is 5.82 Å². The molecule has 1 atom stereocenters. The van der Waals surface area contributed by atoms with Crippen LogP contribution in [0.1, 0.15) is 18.7 Å². The van der Waals surface area contributed by atoms with Crippen LogP contribution in [0.15, 0.2) is 12.4 Å². The second kappa shape index (κ2) is 7.09. The molecule has 1 aromatic rings. The van der Waals surface area contributed by atoms with Gasteiger partial charge in [0.15, 0.2) is 0 Å². The Morgan fingerprint density at radius 3 is 2.87 bits per heavy atom. The molecule has 1 fully saturated rings. The summed E-state index contributed by atoms with van der Waals surface area (Å²) >= 11 is 0. The van der Waals surface area contributed by atoms with Gasteiger partial charge in [0.2, 0.25) is 0 Å². The fourth-order valence-electron chi connectivity index (χ4n) is 1.95. The van der Waals surface area contributed by atoms with Crippen molar-refractivity contribution >= 4 is 24.8 Å². The van der Waals surface area contributed by atoms with E-state index in [1.54, 1.807) is 0 Å². The quantitative estimate of drug-likeness (QED) is 0.869. The summed E-state index contributed by atoms with van der Waals surface area (Å²) < 4.78 is 2.12. The van der Waals surface area contributed by atoms with Crippen molar-refractivity contribution < 1.29 is 0 Å². The van der Waals surface area contributed by atoms with E-state index < -0.39 is 0 Å². The Morgan fingerprint density at radius 1 is 1.53 bits per heavy atom. The first kappa shape index (κ1) is 14.8. The van der Waals surface area contributed by atoms with Gasteiger partial charge in [0, 0.05) is 25.9 Å². The summed E-state index contributed by atoms with van der Waals surface area (Å²) in [7, 11) is 2.07. The van der Waals surface area contributed by atoms with E-state index in [0.717, 1.165) is 18.9 Å². The lowest BCUT2D eigenvalue weighted by Crippen LogP contribution is -2.31. The molecular formula is C10H19Cl2N3. The molecule has 1 aliphatic rings. The summed E-state index contributed by atoms with van der Waals surface area (Å²) in [6, 6.07) is 0. The molecule has 0 aromatic carbocycles. The molecule has 5 heteroatoms. The van der Waals surface area contributed by atoms with Crippen molar-refractivity contribution in [3.05, 3.63) is 18.2 Å². The van der Waals surface area contributed by atoms with Gasteiger partial charge in [0.25, 0.3) is 0 Å². The Morgan fingerprint density at radius 2 is 2.33 bits per heavy atom. The van der Waals surface area contributed by atoms with Gasteiger partial charge in [0.05, 0.1) is 0 Å². The minimum Gasteiger partial charge on any atom is -0.338 e. The fourth-order valence-corrected chi connectivity index (χ4v) is 1.95. The summed E-state index contributed by atoms with van der Waals surface area (Å²) in [5.74, 6) is 2.00. The van der Waals surface area contributed by atoms with Gasteiger partial charge in [-0.2, -0.15) is 0 Å². The smallest absolute Gasteiger partial charge is 0.108 e. The van der Waals surface area contributed by atoms with Crippen LogP contribution in [0.2, 0.25) is 0 Å². The molecule has 0 aliphatic carbocycles. The van der Waals surface area contributed by atoms with Gasteiger partial charge in [-0.05, 0) is 31.8 Å². The first-order chi connectivity index (χ1) is 6.36. The van der Waals surface area contributed by atoms with Crippen LogP contribution >= 0.6 is 24.8 Å². The number of rotatable bonds is 2. The number of hydrogen-bond donors (Lipinski definition) is 1.